The molecular weight excluding hydrogens is 228 g/mol. The summed E-state index contributed by atoms with van der Waals surface area (Å²) in [6, 6.07) is 7.73. The van der Waals surface area contributed by atoms with Crippen LogP contribution in [0.1, 0.15) is 19.1 Å². The Kier molecular flexibility index (Phi) is 4.36. The van der Waals surface area contributed by atoms with Gasteiger partial charge in [0.15, 0.2) is 0 Å². The lowest BCUT2D eigenvalue weighted by atomic mass is 10.2. The number of hydrogen-bond donors (Lipinski definition) is 1. The molecule has 0 aliphatic heterocycles. The van der Waals surface area contributed by atoms with Crippen LogP contribution in [-0.4, -0.2) is 18.6 Å². The molecule has 2 aromatic rings. The molecule has 0 atom stereocenters. The SMILES string of the molecule is CCCNCc1ccc(-c2ccnc(OC)c2)o1. The fourth-order valence-corrected chi connectivity index (χ4v) is 1.69. The minimum atomic E-state index is 0.592. The van der Waals surface area contributed by atoms with Crippen molar-refractivity contribution in [3.63, 3.8) is 0 Å². The number of furan rings is 1. The van der Waals surface area contributed by atoms with Gasteiger partial charge in [0.1, 0.15) is 11.5 Å². The van der Waals surface area contributed by atoms with Gasteiger partial charge in [-0.3, -0.25) is 0 Å². The first-order valence-electron chi connectivity index (χ1n) is 6.13. The van der Waals surface area contributed by atoms with Crippen molar-refractivity contribution < 1.29 is 9.15 Å². The van der Waals surface area contributed by atoms with Crippen LogP contribution in [0.2, 0.25) is 0 Å². The molecule has 96 valence electrons. The van der Waals surface area contributed by atoms with Gasteiger partial charge < -0.3 is 14.5 Å². The molecule has 2 heterocycles. The Morgan fingerprint density at radius 2 is 2.22 bits per heavy atom. The van der Waals surface area contributed by atoms with E-state index >= 15 is 0 Å². The van der Waals surface area contributed by atoms with Crippen LogP contribution in [0.4, 0.5) is 0 Å². The number of methoxy groups -OCH3 is 1. The summed E-state index contributed by atoms with van der Waals surface area (Å²) < 4.78 is 10.9. The number of rotatable bonds is 6. The Balaban J connectivity index is 2.08. The normalized spacial score (nSPS) is 10.6. The van der Waals surface area contributed by atoms with Gasteiger partial charge in [-0.2, -0.15) is 0 Å². The molecule has 0 aliphatic rings. The van der Waals surface area contributed by atoms with Crippen LogP contribution in [0.15, 0.2) is 34.9 Å². The topological polar surface area (TPSA) is 47.3 Å². The van der Waals surface area contributed by atoms with Crippen LogP contribution >= 0.6 is 0 Å². The molecule has 4 nitrogen and oxygen atoms in total. The molecular formula is C14H18N2O2. The highest BCUT2D eigenvalue weighted by Gasteiger charge is 2.06. The average Bonchev–Trinajstić information content (AvgIpc) is 2.88. The molecule has 0 fully saturated rings. The predicted molar refractivity (Wildman–Crippen MR) is 70.5 cm³/mol. The third-order valence-electron chi connectivity index (χ3n) is 2.62. The first kappa shape index (κ1) is 12.6. The van der Waals surface area contributed by atoms with E-state index in [1.165, 1.54) is 0 Å². The van der Waals surface area contributed by atoms with E-state index in [0.29, 0.717) is 5.88 Å². The molecule has 1 N–H and O–H groups in total. The van der Waals surface area contributed by atoms with E-state index in [-0.39, 0.29) is 0 Å². The summed E-state index contributed by atoms with van der Waals surface area (Å²) in [4.78, 5) is 4.07. The molecule has 4 heteroatoms. The van der Waals surface area contributed by atoms with Crippen molar-refractivity contribution in [2.75, 3.05) is 13.7 Å². The number of aromatic nitrogens is 1. The smallest absolute Gasteiger partial charge is 0.213 e. The van der Waals surface area contributed by atoms with E-state index in [9.17, 15) is 0 Å². The Morgan fingerprint density at radius 1 is 1.33 bits per heavy atom. The Morgan fingerprint density at radius 3 is 3.00 bits per heavy atom. The maximum Gasteiger partial charge on any atom is 0.213 e. The summed E-state index contributed by atoms with van der Waals surface area (Å²) in [7, 11) is 1.61. The molecule has 0 unspecified atom stereocenters. The van der Waals surface area contributed by atoms with Gasteiger partial charge in [-0.25, -0.2) is 4.98 Å². The fourth-order valence-electron chi connectivity index (χ4n) is 1.69. The van der Waals surface area contributed by atoms with Gasteiger partial charge in [0.2, 0.25) is 5.88 Å². The summed E-state index contributed by atoms with van der Waals surface area (Å²) in [6.45, 7) is 3.90. The van der Waals surface area contributed by atoms with E-state index in [0.717, 1.165) is 36.6 Å². The van der Waals surface area contributed by atoms with Gasteiger partial charge in [-0.05, 0) is 31.2 Å². The van der Waals surface area contributed by atoms with Gasteiger partial charge in [0, 0.05) is 17.8 Å². The van der Waals surface area contributed by atoms with Crippen LogP contribution in [0, 0.1) is 0 Å². The summed E-state index contributed by atoms with van der Waals surface area (Å²) in [5.74, 6) is 2.37. The lowest BCUT2D eigenvalue weighted by Gasteiger charge is -2.01. The van der Waals surface area contributed by atoms with Crippen LogP contribution in [-0.2, 0) is 6.54 Å². The third kappa shape index (κ3) is 3.11. The van der Waals surface area contributed by atoms with Crippen LogP contribution < -0.4 is 10.1 Å². The molecule has 0 aromatic carbocycles. The van der Waals surface area contributed by atoms with Crippen molar-refractivity contribution in [1.82, 2.24) is 10.3 Å². The van der Waals surface area contributed by atoms with Crippen LogP contribution in [0.25, 0.3) is 11.3 Å². The zero-order valence-electron chi connectivity index (χ0n) is 10.8. The molecule has 0 radical (unpaired) electrons. The van der Waals surface area contributed by atoms with Gasteiger partial charge in [0.05, 0.1) is 13.7 Å². The largest absolute Gasteiger partial charge is 0.481 e. The maximum atomic E-state index is 5.77. The van der Waals surface area contributed by atoms with Crippen molar-refractivity contribution in [3.8, 4) is 17.2 Å². The lowest BCUT2D eigenvalue weighted by Crippen LogP contribution is -2.12. The molecule has 2 rings (SSSR count). The Labute approximate surface area is 107 Å². The molecule has 0 aliphatic carbocycles. The number of nitrogens with one attached hydrogen (secondary N) is 1. The first-order valence-corrected chi connectivity index (χ1v) is 6.13. The van der Waals surface area contributed by atoms with Crippen molar-refractivity contribution in [1.29, 1.82) is 0 Å². The minimum absolute atomic E-state index is 0.592. The highest BCUT2D eigenvalue weighted by Crippen LogP contribution is 2.24. The highest BCUT2D eigenvalue weighted by atomic mass is 16.5. The number of ether oxygens (including phenoxy) is 1. The third-order valence-corrected chi connectivity index (χ3v) is 2.62. The maximum absolute atomic E-state index is 5.77. The standard InChI is InChI=1S/C14H18N2O2/c1-3-7-15-10-12-4-5-13(18-12)11-6-8-16-14(9-11)17-2/h4-6,8-9,15H,3,7,10H2,1-2H3. The van der Waals surface area contributed by atoms with E-state index in [4.69, 9.17) is 9.15 Å². The molecule has 18 heavy (non-hydrogen) atoms. The van der Waals surface area contributed by atoms with Crippen LogP contribution in [0.3, 0.4) is 0 Å². The van der Waals surface area contributed by atoms with Gasteiger partial charge >= 0.3 is 0 Å². The zero-order valence-corrected chi connectivity index (χ0v) is 10.8. The quantitative estimate of drug-likeness (QED) is 0.796. The molecule has 0 amide bonds. The van der Waals surface area contributed by atoms with E-state index in [2.05, 4.69) is 17.2 Å². The fraction of sp³-hybridized carbons (Fsp3) is 0.357. The zero-order chi connectivity index (χ0) is 12.8. The van der Waals surface area contributed by atoms with Crippen molar-refractivity contribution in [2.45, 2.75) is 19.9 Å². The summed E-state index contributed by atoms with van der Waals surface area (Å²) >= 11 is 0. The Hall–Kier alpha value is -1.81. The highest BCUT2D eigenvalue weighted by molar-refractivity contribution is 5.58. The second-order valence-electron chi connectivity index (χ2n) is 4.03. The molecule has 0 saturated heterocycles. The lowest BCUT2D eigenvalue weighted by molar-refractivity contribution is 0.398. The summed E-state index contributed by atoms with van der Waals surface area (Å²) in [5.41, 5.74) is 0.976. The molecule has 0 spiro atoms. The van der Waals surface area contributed by atoms with Gasteiger partial charge in [-0.1, -0.05) is 6.92 Å². The van der Waals surface area contributed by atoms with E-state index < -0.39 is 0 Å². The van der Waals surface area contributed by atoms with Gasteiger partial charge in [-0.15, -0.1) is 0 Å². The second-order valence-corrected chi connectivity index (χ2v) is 4.03. The second kappa shape index (κ2) is 6.21. The monoisotopic (exact) mass is 246 g/mol. The average molecular weight is 246 g/mol. The number of hydrogen-bond acceptors (Lipinski definition) is 4. The van der Waals surface area contributed by atoms with Crippen LogP contribution in [0.5, 0.6) is 5.88 Å². The number of pyridine rings is 1. The van der Waals surface area contributed by atoms with Crippen molar-refractivity contribution in [2.24, 2.45) is 0 Å². The molecule has 0 bridgehead atoms. The van der Waals surface area contributed by atoms with Crippen molar-refractivity contribution in [3.05, 3.63) is 36.2 Å². The molecule has 0 saturated carbocycles. The Bertz CT molecular complexity index is 494. The number of nitrogens with zero attached hydrogens (tertiary/aromatic N) is 1. The van der Waals surface area contributed by atoms with Gasteiger partial charge in [0.25, 0.3) is 0 Å². The van der Waals surface area contributed by atoms with Crippen molar-refractivity contribution >= 4 is 0 Å². The minimum Gasteiger partial charge on any atom is -0.481 e. The summed E-state index contributed by atoms with van der Waals surface area (Å²) in [5, 5.41) is 3.31. The predicted octanol–water partition coefficient (Wildman–Crippen LogP) is 2.85. The molecule has 2 aromatic heterocycles. The summed E-state index contributed by atoms with van der Waals surface area (Å²) in [6.07, 6.45) is 2.83. The first-order chi connectivity index (χ1) is 8.83. The van der Waals surface area contributed by atoms with E-state index in [1.54, 1.807) is 13.3 Å². The van der Waals surface area contributed by atoms with E-state index in [1.807, 2.05) is 24.3 Å².